The monoisotopic (exact) mass is 589 g/mol. The molecule has 1 aliphatic carbocycles. The number of nitrogens with zero attached hydrogens (tertiary/aromatic N) is 4. The number of nitrogens with one attached hydrogen (secondary N) is 1. The van der Waals surface area contributed by atoms with Gasteiger partial charge in [-0.2, -0.15) is 13.2 Å². The van der Waals surface area contributed by atoms with Crippen molar-refractivity contribution in [3.05, 3.63) is 57.8 Å². The lowest BCUT2D eigenvalue weighted by Gasteiger charge is -2.28. The Balaban J connectivity index is 1.23. The van der Waals surface area contributed by atoms with Crippen molar-refractivity contribution in [1.29, 1.82) is 0 Å². The Hall–Kier alpha value is -3.45. The predicted molar refractivity (Wildman–Crippen MR) is 145 cm³/mol. The molecule has 2 aliphatic rings. The Morgan fingerprint density at radius 3 is 2.83 bits per heavy atom. The van der Waals surface area contributed by atoms with E-state index in [1.54, 1.807) is 35.4 Å². The molecule has 3 aromatic heterocycles. The number of rotatable bonds is 5. The average Bonchev–Trinajstić information content (AvgIpc) is 3.71. The van der Waals surface area contributed by atoms with Crippen LogP contribution < -0.4 is 10.1 Å². The molecule has 40 heavy (non-hydrogen) atoms. The van der Waals surface area contributed by atoms with Gasteiger partial charge in [-0.25, -0.2) is 14.8 Å². The number of carbonyl (C=O) groups is 2. The van der Waals surface area contributed by atoms with E-state index in [2.05, 4.69) is 15.3 Å². The molecule has 1 saturated heterocycles. The number of amides is 2. The molecule has 4 aromatic rings. The number of thiazole rings is 2. The maximum absolute atomic E-state index is 13.9. The molecule has 1 saturated carbocycles. The van der Waals surface area contributed by atoms with E-state index in [-0.39, 0.29) is 30.1 Å². The third kappa shape index (κ3) is 4.85. The summed E-state index contributed by atoms with van der Waals surface area (Å²) in [6.07, 6.45) is -0.391. The van der Waals surface area contributed by atoms with Gasteiger partial charge in [-0.15, -0.1) is 22.7 Å². The standard InChI is InChI=1S/C27H26F3N5O3S2/c1-14-24(34-9-10-39-25(34)32-14)38-26(37)31-12-20-19-8-4-6-17(19)13-35(20)23(36)21-22(40-15(2)33-21)16-5-3-7-18(11-16)27(28,29)30/h3,5,7,9-11,17,19-20H,4,6,8,12-13H2,1-2H3,(H,31,37)/t17-,19-,20+/m0/s1. The van der Waals surface area contributed by atoms with E-state index in [1.165, 1.54) is 28.7 Å². The average molecular weight is 590 g/mol. The second kappa shape index (κ2) is 10.2. The molecule has 0 bridgehead atoms. The van der Waals surface area contributed by atoms with Crippen molar-refractivity contribution in [2.45, 2.75) is 45.3 Å². The maximum atomic E-state index is 13.9. The lowest BCUT2D eigenvalue weighted by atomic mass is 9.94. The van der Waals surface area contributed by atoms with Gasteiger partial charge < -0.3 is 15.0 Å². The van der Waals surface area contributed by atoms with Crippen LogP contribution in [0.25, 0.3) is 15.4 Å². The van der Waals surface area contributed by atoms with E-state index in [0.29, 0.717) is 39.5 Å². The SMILES string of the molecule is Cc1nc(C(=O)N2C[C@@H]3CCC[C@@H]3[C@H]2CNC(=O)Oc2c(C)nc3sccn23)c(-c2cccc(C(F)(F)F)c2)s1. The number of aromatic nitrogens is 3. The number of ether oxygens (including phenoxy) is 1. The molecule has 1 aromatic carbocycles. The van der Waals surface area contributed by atoms with Crippen LogP contribution in [0.2, 0.25) is 0 Å². The van der Waals surface area contributed by atoms with E-state index >= 15 is 0 Å². The molecule has 0 radical (unpaired) electrons. The molecule has 2 amide bonds. The molecule has 8 nitrogen and oxygen atoms in total. The Morgan fingerprint density at radius 1 is 1.20 bits per heavy atom. The zero-order chi connectivity index (χ0) is 28.2. The van der Waals surface area contributed by atoms with Gasteiger partial charge in [-0.05, 0) is 56.2 Å². The van der Waals surface area contributed by atoms with Gasteiger partial charge in [-0.1, -0.05) is 18.6 Å². The van der Waals surface area contributed by atoms with Gasteiger partial charge in [-0.3, -0.25) is 9.20 Å². The van der Waals surface area contributed by atoms with Crippen molar-refractivity contribution in [3.63, 3.8) is 0 Å². The maximum Gasteiger partial charge on any atom is 0.416 e. The number of likely N-dealkylation sites (tertiary alicyclic amines) is 1. The first-order valence-corrected chi connectivity index (χ1v) is 14.6. The summed E-state index contributed by atoms with van der Waals surface area (Å²) in [6, 6.07) is 4.69. The zero-order valence-corrected chi connectivity index (χ0v) is 23.3. The number of halogens is 3. The molecule has 3 atom stereocenters. The summed E-state index contributed by atoms with van der Waals surface area (Å²) >= 11 is 2.63. The third-order valence-corrected chi connectivity index (χ3v) is 9.50. The number of hydrogen-bond acceptors (Lipinski definition) is 7. The highest BCUT2D eigenvalue weighted by atomic mass is 32.1. The van der Waals surface area contributed by atoms with Crippen LogP contribution in [0.3, 0.4) is 0 Å². The van der Waals surface area contributed by atoms with Crippen molar-refractivity contribution in [1.82, 2.24) is 24.6 Å². The van der Waals surface area contributed by atoms with Crippen molar-refractivity contribution < 1.29 is 27.5 Å². The lowest BCUT2D eigenvalue weighted by molar-refractivity contribution is -0.137. The highest BCUT2D eigenvalue weighted by Gasteiger charge is 2.47. The first-order valence-electron chi connectivity index (χ1n) is 12.9. The summed E-state index contributed by atoms with van der Waals surface area (Å²) in [5, 5.41) is 5.27. The summed E-state index contributed by atoms with van der Waals surface area (Å²) in [5.74, 6) is 0.515. The summed E-state index contributed by atoms with van der Waals surface area (Å²) in [4.78, 5) is 38.4. The Morgan fingerprint density at radius 2 is 2.02 bits per heavy atom. The fraction of sp³-hybridized carbons (Fsp3) is 0.407. The van der Waals surface area contributed by atoms with Crippen LogP contribution in [0.4, 0.5) is 18.0 Å². The number of alkyl halides is 3. The summed E-state index contributed by atoms with van der Waals surface area (Å²) < 4.78 is 47.5. The van der Waals surface area contributed by atoms with Gasteiger partial charge in [0.1, 0.15) is 11.4 Å². The molecular formula is C27H26F3N5O3S2. The van der Waals surface area contributed by atoms with Gasteiger partial charge >= 0.3 is 12.3 Å². The van der Waals surface area contributed by atoms with Crippen molar-refractivity contribution in [3.8, 4) is 16.3 Å². The lowest BCUT2D eigenvalue weighted by Crippen LogP contribution is -2.46. The second-order valence-electron chi connectivity index (χ2n) is 10.2. The minimum absolute atomic E-state index is 0.143. The first-order chi connectivity index (χ1) is 19.1. The minimum atomic E-state index is -4.50. The molecule has 0 unspecified atom stereocenters. The first kappa shape index (κ1) is 26.8. The van der Waals surface area contributed by atoms with Gasteiger partial charge in [0.15, 0.2) is 4.96 Å². The third-order valence-electron chi connectivity index (χ3n) is 7.72. The quantitative estimate of drug-likeness (QED) is 0.300. The number of fused-ring (bicyclic) bond motifs is 2. The number of carbonyl (C=O) groups excluding carboxylic acids is 2. The van der Waals surface area contributed by atoms with Gasteiger partial charge in [0, 0.05) is 24.7 Å². The fourth-order valence-corrected chi connectivity index (χ4v) is 7.62. The van der Waals surface area contributed by atoms with Gasteiger partial charge in [0.2, 0.25) is 5.88 Å². The Kier molecular flexibility index (Phi) is 6.81. The van der Waals surface area contributed by atoms with Crippen LogP contribution in [0.5, 0.6) is 5.88 Å². The highest BCUT2D eigenvalue weighted by molar-refractivity contribution is 7.15. The normalized spacial score (nSPS) is 20.7. The van der Waals surface area contributed by atoms with Crippen LogP contribution in [-0.2, 0) is 6.18 Å². The molecule has 210 valence electrons. The van der Waals surface area contributed by atoms with Crippen LogP contribution in [0, 0.1) is 25.7 Å². The van der Waals surface area contributed by atoms with E-state index < -0.39 is 17.8 Å². The number of aryl methyl sites for hydroxylation is 2. The zero-order valence-electron chi connectivity index (χ0n) is 21.7. The summed E-state index contributed by atoms with van der Waals surface area (Å²) in [6.45, 7) is 4.20. The molecule has 6 rings (SSSR count). The fourth-order valence-electron chi connectivity index (χ4n) is 5.96. The highest BCUT2D eigenvalue weighted by Crippen LogP contribution is 2.43. The molecular weight excluding hydrogens is 563 g/mol. The second-order valence-corrected chi connectivity index (χ2v) is 12.3. The van der Waals surface area contributed by atoms with Gasteiger partial charge in [0.05, 0.1) is 21.5 Å². The Bertz CT molecular complexity index is 1590. The van der Waals surface area contributed by atoms with Gasteiger partial charge in [0.25, 0.3) is 5.91 Å². The van der Waals surface area contributed by atoms with E-state index in [0.717, 1.165) is 36.4 Å². The molecule has 1 N–H and O–H groups in total. The number of imidazole rings is 1. The van der Waals surface area contributed by atoms with Crippen molar-refractivity contribution in [2.24, 2.45) is 11.8 Å². The van der Waals surface area contributed by atoms with E-state index in [9.17, 15) is 22.8 Å². The summed E-state index contributed by atoms with van der Waals surface area (Å²) in [7, 11) is 0. The molecule has 13 heteroatoms. The van der Waals surface area contributed by atoms with Crippen LogP contribution in [-0.4, -0.2) is 50.4 Å². The van der Waals surface area contributed by atoms with Crippen LogP contribution in [0.1, 0.15) is 46.0 Å². The van der Waals surface area contributed by atoms with Crippen LogP contribution >= 0.6 is 22.7 Å². The van der Waals surface area contributed by atoms with Crippen LogP contribution in [0.15, 0.2) is 35.8 Å². The van der Waals surface area contributed by atoms with Crippen molar-refractivity contribution in [2.75, 3.05) is 13.1 Å². The number of benzene rings is 1. The largest absolute Gasteiger partial charge is 0.416 e. The topological polar surface area (TPSA) is 88.8 Å². The molecule has 4 heterocycles. The molecule has 2 fully saturated rings. The molecule has 1 aliphatic heterocycles. The Labute approximate surface area is 235 Å². The minimum Gasteiger partial charge on any atom is -0.391 e. The van der Waals surface area contributed by atoms with E-state index in [1.807, 2.05) is 5.38 Å². The smallest absolute Gasteiger partial charge is 0.391 e. The van der Waals surface area contributed by atoms with Crippen molar-refractivity contribution >= 4 is 39.6 Å². The predicted octanol–water partition coefficient (Wildman–Crippen LogP) is 6.18. The number of hydrogen-bond donors (Lipinski definition) is 1. The summed E-state index contributed by atoms with van der Waals surface area (Å²) in [5.41, 5.74) is 0.261. The van der Waals surface area contributed by atoms with E-state index in [4.69, 9.17) is 4.74 Å². The molecule has 0 spiro atoms.